The van der Waals surface area contributed by atoms with E-state index in [-0.39, 0.29) is 20.1 Å². The van der Waals surface area contributed by atoms with Crippen molar-refractivity contribution in [3.8, 4) is 28.3 Å². The normalized spacial score (nSPS) is 11.8. The Kier molecular flexibility index (Phi) is 11.0. The van der Waals surface area contributed by atoms with Crippen LogP contribution in [0.1, 0.15) is 50.7 Å². The minimum atomic E-state index is -1.50. The molecule has 0 amide bonds. The molecule has 0 fully saturated rings. The summed E-state index contributed by atoms with van der Waals surface area (Å²) in [5.74, 6) is 1.80. The molecular weight excluding hydrogens is 917 g/mol. The number of hydrogen-bond donors (Lipinski definition) is 0. The first-order chi connectivity index (χ1) is 28.1. The van der Waals surface area contributed by atoms with E-state index in [2.05, 4.69) is 167 Å². The van der Waals surface area contributed by atoms with Crippen molar-refractivity contribution >= 4 is 67.9 Å². The molecule has 1 radical (unpaired) electrons. The number of nitrogens with zero attached hydrogens (tertiary/aromatic N) is 4. The number of rotatable bonds is 6. The fourth-order valence-corrected chi connectivity index (χ4v) is 8.96. The van der Waals surface area contributed by atoms with Crippen LogP contribution in [0.2, 0.25) is 19.6 Å². The Morgan fingerprint density at radius 3 is 2.02 bits per heavy atom. The van der Waals surface area contributed by atoms with Gasteiger partial charge < -0.3 is 14.0 Å². The minimum Gasteiger partial charge on any atom is -0.500 e. The number of para-hydroxylation sites is 3. The molecule has 7 aromatic carbocycles. The van der Waals surface area contributed by atoms with E-state index in [0.717, 1.165) is 66.3 Å². The van der Waals surface area contributed by atoms with Crippen LogP contribution in [0.3, 0.4) is 0 Å². The smallest absolute Gasteiger partial charge is 0.129 e. The van der Waals surface area contributed by atoms with E-state index in [1.807, 2.05) is 36.7 Å². The van der Waals surface area contributed by atoms with Gasteiger partial charge in [-0.3, -0.25) is 9.97 Å². The third kappa shape index (κ3) is 7.33. The van der Waals surface area contributed by atoms with Gasteiger partial charge in [0, 0.05) is 60.0 Å². The van der Waals surface area contributed by atoms with Crippen LogP contribution in [-0.2, 0) is 20.1 Å². The van der Waals surface area contributed by atoms with Gasteiger partial charge in [-0.15, -0.1) is 54.1 Å². The molecule has 0 saturated heterocycles. The molecule has 0 aliphatic carbocycles. The standard InChI is InChI=1S/C27H21N2OSi.C25H25N2.Ir/c1-31(2,3)24-16-28-23(15-29-24)22-10-6-9-20-21-14-13-18-12-11-17-7-4-5-8-19(17)25(18)27(21)30-26(20)22;1-17(2)20-13-10-14-21(18(3)4)24(20)27-23-16-9-8-15-22(23)26-25(27)19-11-6-5-7-12-19;/h4-9,11-16H,1-3H3;5-11,13-18H,1-4H3;/q2*-1;. The Morgan fingerprint density at radius 2 is 1.31 bits per heavy atom. The van der Waals surface area contributed by atoms with Crippen LogP contribution >= 0.6 is 0 Å². The first-order valence-electron chi connectivity index (χ1n) is 20.2. The van der Waals surface area contributed by atoms with Gasteiger partial charge in [0.25, 0.3) is 0 Å². The maximum Gasteiger partial charge on any atom is 0.129 e. The summed E-state index contributed by atoms with van der Waals surface area (Å²) in [5.41, 5.74) is 10.5. The SMILES string of the molecule is CC(C)c1cccc(C(C)C)c1-n1c(-c2[c-]cccc2)nc2ccccc21.C[Si](C)(C)c1cnc(-c2[c-]ccc3c2oc2c3ccc3ccc4ccccc4c32)cn1.[Ir]. The fraction of sp³-hybridized carbons (Fsp3) is 0.173. The van der Waals surface area contributed by atoms with Crippen LogP contribution in [0.15, 0.2) is 144 Å². The molecule has 0 N–H and O–H groups in total. The van der Waals surface area contributed by atoms with E-state index in [0.29, 0.717) is 11.8 Å². The Morgan fingerprint density at radius 1 is 0.610 bits per heavy atom. The van der Waals surface area contributed by atoms with E-state index >= 15 is 0 Å². The second-order valence-electron chi connectivity index (χ2n) is 16.7. The number of hydrogen-bond acceptors (Lipinski definition) is 4. The van der Waals surface area contributed by atoms with Crippen molar-refractivity contribution < 1.29 is 24.5 Å². The predicted molar refractivity (Wildman–Crippen MR) is 245 cm³/mol. The number of aromatic nitrogens is 4. The van der Waals surface area contributed by atoms with Gasteiger partial charge in [-0.05, 0) is 51.3 Å². The number of furan rings is 1. The molecule has 0 spiro atoms. The zero-order valence-corrected chi connectivity index (χ0v) is 37.9. The molecule has 10 aromatic rings. The summed E-state index contributed by atoms with van der Waals surface area (Å²) >= 11 is 0. The van der Waals surface area contributed by atoms with Crippen LogP contribution in [0.25, 0.3) is 82.8 Å². The molecule has 5 nitrogen and oxygen atoms in total. The largest absolute Gasteiger partial charge is 0.500 e. The van der Waals surface area contributed by atoms with E-state index in [1.165, 1.54) is 33.0 Å². The summed E-state index contributed by atoms with van der Waals surface area (Å²) < 4.78 is 8.91. The van der Waals surface area contributed by atoms with Crippen molar-refractivity contribution in [3.63, 3.8) is 0 Å². The van der Waals surface area contributed by atoms with Crippen LogP contribution in [-0.4, -0.2) is 27.6 Å². The second kappa shape index (κ2) is 16.1. The number of benzene rings is 7. The van der Waals surface area contributed by atoms with Gasteiger partial charge in [0.15, 0.2) is 0 Å². The Hall–Kier alpha value is -5.72. The molecule has 0 bridgehead atoms. The van der Waals surface area contributed by atoms with E-state index in [4.69, 9.17) is 19.4 Å². The average Bonchev–Trinajstić information content (AvgIpc) is 3.82. The van der Waals surface area contributed by atoms with Gasteiger partial charge in [0.1, 0.15) is 13.7 Å². The second-order valence-corrected chi connectivity index (χ2v) is 21.7. The summed E-state index contributed by atoms with van der Waals surface area (Å²) in [5, 5.41) is 8.03. The van der Waals surface area contributed by atoms with Crippen molar-refractivity contribution in [2.24, 2.45) is 0 Å². The molecule has 0 saturated carbocycles. The Labute approximate surface area is 360 Å². The molecule has 3 aromatic heterocycles. The number of fused-ring (bicyclic) bond motifs is 8. The van der Waals surface area contributed by atoms with Gasteiger partial charge in [0.2, 0.25) is 0 Å². The topological polar surface area (TPSA) is 56.7 Å². The summed E-state index contributed by atoms with van der Waals surface area (Å²) in [4.78, 5) is 14.4. The quantitative estimate of drug-likeness (QED) is 0.0946. The summed E-state index contributed by atoms with van der Waals surface area (Å²) in [7, 11) is -1.50. The van der Waals surface area contributed by atoms with E-state index in [1.54, 1.807) is 0 Å². The molecule has 0 atom stereocenters. The summed E-state index contributed by atoms with van der Waals surface area (Å²) in [6, 6.07) is 51.0. The Bertz CT molecular complexity index is 3080. The zero-order valence-electron chi connectivity index (χ0n) is 34.5. The van der Waals surface area contributed by atoms with Crippen molar-refractivity contribution in [1.82, 2.24) is 19.5 Å². The molecule has 10 rings (SSSR count). The van der Waals surface area contributed by atoms with Crippen LogP contribution in [0.5, 0.6) is 0 Å². The van der Waals surface area contributed by atoms with Crippen LogP contribution < -0.4 is 5.32 Å². The monoisotopic (exact) mass is 963 g/mol. The third-order valence-corrected chi connectivity index (χ3v) is 12.9. The summed E-state index contributed by atoms with van der Waals surface area (Å²) in [6.45, 7) is 15.9. The van der Waals surface area contributed by atoms with E-state index in [9.17, 15) is 0 Å². The van der Waals surface area contributed by atoms with Crippen LogP contribution in [0.4, 0.5) is 0 Å². The molecule has 59 heavy (non-hydrogen) atoms. The predicted octanol–water partition coefficient (Wildman–Crippen LogP) is 13.4. The minimum absolute atomic E-state index is 0. The first kappa shape index (κ1) is 40.1. The van der Waals surface area contributed by atoms with Crippen molar-refractivity contribution in [1.29, 1.82) is 0 Å². The molecule has 0 aliphatic rings. The van der Waals surface area contributed by atoms with Crippen molar-refractivity contribution in [2.45, 2.75) is 59.2 Å². The maximum atomic E-state index is 6.57. The van der Waals surface area contributed by atoms with Gasteiger partial charge in [-0.25, -0.2) is 0 Å². The molecular formula is C52H46IrN4OSi-2. The molecule has 0 unspecified atom stereocenters. The molecule has 3 heterocycles. The average molecular weight is 963 g/mol. The molecule has 295 valence electrons. The number of imidazole rings is 1. The van der Waals surface area contributed by atoms with Crippen molar-refractivity contribution in [3.05, 3.63) is 163 Å². The van der Waals surface area contributed by atoms with Crippen molar-refractivity contribution in [2.75, 3.05) is 0 Å². The van der Waals surface area contributed by atoms with E-state index < -0.39 is 8.07 Å². The van der Waals surface area contributed by atoms with Gasteiger partial charge in [-0.2, -0.15) is 0 Å². The first-order valence-corrected chi connectivity index (χ1v) is 23.7. The fourth-order valence-electron chi connectivity index (χ4n) is 8.06. The molecule has 0 aliphatic heterocycles. The van der Waals surface area contributed by atoms with Gasteiger partial charge in [0.05, 0.1) is 22.4 Å². The zero-order chi connectivity index (χ0) is 40.1. The van der Waals surface area contributed by atoms with Crippen LogP contribution in [0, 0.1) is 12.1 Å². The van der Waals surface area contributed by atoms with Gasteiger partial charge >= 0.3 is 0 Å². The Balaban J connectivity index is 0.000000163. The van der Waals surface area contributed by atoms with Gasteiger partial charge in [-0.1, -0.05) is 137 Å². The third-order valence-electron chi connectivity index (χ3n) is 11.1. The summed E-state index contributed by atoms with van der Waals surface area (Å²) in [6.07, 6.45) is 3.78. The molecule has 7 heteroatoms. The maximum absolute atomic E-state index is 6.57.